The fourth-order valence-electron chi connectivity index (χ4n) is 1.60. The van der Waals surface area contributed by atoms with E-state index < -0.39 is 0 Å². The Kier molecular flexibility index (Phi) is 3.05. The van der Waals surface area contributed by atoms with Crippen molar-refractivity contribution < 1.29 is 4.39 Å². The van der Waals surface area contributed by atoms with Crippen LogP contribution in [0.3, 0.4) is 0 Å². The molecule has 0 saturated carbocycles. The Balaban J connectivity index is 2.23. The van der Waals surface area contributed by atoms with Gasteiger partial charge in [0.1, 0.15) is 0 Å². The van der Waals surface area contributed by atoms with Crippen LogP contribution in [-0.2, 0) is 0 Å². The SMILES string of the molecule is CC1=CCN(c2ncc(Br)cc2F)CC1. The van der Waals surface area contributed by atoms with Gasteiger partial charge in [0, 0.05) is 23.8 Å². The second kappa shape index (κ2) is 4.31. The molecule has 2 nitrogen and oxygen atoms in total. The van der Waals surface area contributed by atoms with Gasteiger partial charge in [-0.15, -0.1) is 0 Å². The van der Waals surface area contributed by atoms with E-state index in [9.17, 15) is 4.39 Å². The summed E-state index contributed by atoms with van der Waals surface area (Å²) in [4.78, 5) is 6.05. The van der Waals surface area contributed by atoms with Crippen molar-refractivity contribution in [2.45, 2.75) is 13.3 Å². The van der Waals surface area contributed by atoms with Crippen molar-refractivity contribution >= 4 is 21.7 Å². The molecule has 1 aliphatic rings. The van der Waals surface area contributed by atoms with Gasteiger partial charge in [0.2, 0.25) is 0 Å². The lowest BCUT2D eigenvalue weighted by Gasteiger charge is -2.26. The van der Waals surface area contributed by atoms with Crippen LogP contribution in [0, 0.1) is 5.82 Å². The van der Waals surface area contributed by atoms with Crippen molar-refractivity contribution in [3.05, 3.63) is 34.2 Å². The molecule has 2 heterocycles. The van der Waals surface area contributed by atoms with Gasteiger partial charge >= 0.3 is 0 Å². The average Bonchev–Trinajstić information content (AvgIpc) is 2.20. The van der Waals surface area contributed by atoms with Gasteiger partial charge in [0.05, 0.1) is 0 Å². The predicted octanol–water partition coefficient (Wildman–Crippen LogP) is 3.14. The zero-order chi connectivity index (χ0) is 10.8. The smallest absolute Gasteiger partial charge is 0.166 e. The summed E-state index contributed by atoms with van der Waals surface area (Å²) in [5.41, 5.74) is 1.36. The highest BCUT2D eigenvalue weighted by Crippen LogP contribution is 2.22. The van der Waals surface area contributed by atoms with Crippen LogP contribution in [0.25, 0.3) is 0 Å². The van der Waals surface area contributed by atoms with Gasteiger partial charge in [-0.3, -0.25) is 0 Å². The van der Waals surface area contributed by atoms with Crippen LogP contribution >= 0.6 is 15.9 Å². The van der Waals surface area contributed by atoms with Gasteiger partial charge in [-0.25, -0.2) is 9.37 Å². The van der Waals surface area contributed by atoms with Crippen LogP contribution in [0.5, 0.6) is 0 Å². The molecular formula is C11H12BrFN2. The van der Waals surface area contributed by atoms with E-state index in [4.69, 9.17) is 0 Å². The number of pyridine rings is 1. The molecule has 1 aromatic rings. The summed E-state index contributed by atoms with van der Waals surface area (Å²) in [6.45, 7) is 3.69. The van der Waals surface area contributed by atoms with E-state index in [0.717, 1.165) is 19.5 Å². The molecule has 1 aromatic heterocycles. The molecule has 1 aliphatic heterocycles. The van der Waals surface area contributed by atoms with Gasteiger partial charge in [-0.05, 0) is 35.3 Å². The highest BCUT2D eigenvalue weighted by Gasteiger charge is 2.15. The summed E-state index contributed by atoms with van der Waals surface area (Å²) in [7, 11) is 0. The number of halogens is 2. The summed E-state index contributed by atoms with van der Waals surface area (Å²) < 4.78 is 14.3. The molecule has 4 heteroatoms. The standard InChI is InChI=1S/C11H12BrFN2/c1-8-2-4-15(5-3-8)11-10(13)6-9(12)7-14-11/h2,6-7H,3-5H2,1H3. The molecule has 0 radical (unpaired) electrons. The van der Waals surface area contributed by atoms with Crippen LogP contribution in [0.2, 0.25) is 0 Å². The largest absolute Gasteiger partial charge is 0.350 e. The van der Waals surface area contributed by atoms with Crippen molar-refractivity contribution in [3.8, 4) is 0 Å². The first kappa shape index (κ1) is 10.6. The lowest BCUT2D eigenvalue weighted by atomic mass is 10.1. The number of anilines is 1. The van der Waals surface area contributed by atoms with Crippen LogP contribution < -0.4 is 4.90 Å². The molecule has 15 heavy (non-hydrogen) atoms. The van der Waals surface area contributed by atoms with Crippen molar-refractivity contribution in [2.75, 3.05) is 18.0 Å². The summed E-state index contributed by atoms with van der Waals surface area (Å²) in [5, 5.41) is 0. The van der Waals surface area contributed by atoms with Crippen LogP contribution in [0.1, 0.15) is 13.3 Å². The zero-order valence-electron chi connectivity index (χ0n) is 8.50. The van der Waals surface area contributed by atoms with Gasteiger partial charge in [0.15, 0.2) is 11.6 Å². The Labute approximate surface area is 96.9 Å². The van der Waals surface area contributed by atoms with E-state index in [0.29, 0.717) is 10.3 Å². The Hall–Kier alpha value is -0.900. The minimum Gasteiger partial charge on any atom is -0.350 e. The maximum atomic E-state index is 13.6. The summed E-state index contributed by atoms with van der Waals surface area (Å²) in [5.74, 6) is 0.180. The molecule has 0 unspecified atom stereocenters. The number of hydrogen-bond acceptors (Lipinski definition) is 2. The van der Waals surface area contributed by atoms with Crippen molar-refractivity contribution in [2.24, 2.45) is 0 Å². The first-order valence-corrected chi connectivity index (χ1v) is 5.68. The van der Waals surface area contributed by atoms with Crippen molar-refractivity contribution in [3.63, 3.8) is 0 Å². The molecule has 0 spiro atoms. The number of nitrogens with zero attached hydrogens (tertiary/aromatic N) is 2. The molecule has 0 atom stereocenters. The summed E-state index contributed by atoms with van der Waals surface area (Å²) in [6, 6.07) is 1.45. The monoisotopic (exact) mass is 270 g/mol. The summed E-state index contributed by atoms with van der Waals surface area (Å²) in [6.07, 6.45) is 4.73. The van der Waals surface area contributed by atoms with Gasteiger partial charge in [0.25, 0.3) is 0 Å². The van der Waals surface area contributed by atoms with E-state index >= 15 is 0 Å². The third-order valence-electron chi connectivity index (χ3n) is 2.52. The fraction of sp³-hybridized carbons (Fsp3) is 0.364. The van der Waals surface area contributed by atoms with Crippen LogP contribution in [0.4, 0.5) is 10.2 Å². The predicted molar refractivity (Wildman–Crippen MR) is 62.5 cm³/mol. The Morgan fingerprint density at radius 3 is 2.93 bits per heavy atom. The summed E-state index contributed by atoms with van der Waals surface area (Å²) >= 11 is 3.20. The molecule has 0 aromatic carbocycles. The zero-order valence-corrected chi connectivity index (χ0v) is 10.1. The minimum atomic E-state index is -0.266. The highest BCUT2D eigenvalue weighted by molar-refractivity contribution is 9.10. The molecular weight excluding hydrogens is 259 g/mol. The van der Waals surface area contributed by atoms with E-state index in [1.165, 1.54) is 11.6 Å². The molecule has 0 aliphatic carbocycles. The van der Waals surface area contributed by atoms with Gasteiger partial charge in [-0.2, -0.15) is 0 Å². The maximum Gasteiger partial charge on any atom is 0.166 e. The molecule has 0 saturated heterocycles. The van der Waals surface area contributed by atoms with E-state index in [1.807, 2.05) is 4.90 Å². The Bertz CT molecular complexity index is 404. The average molecular weight is 271 g/mol. The second-order valence-electron chi connectivity index (χ2n) is 3.71. The lowest BCUT2D eigenvalue weighted by Crippen LogP contribution is -2.29. The fourth-order valence-corrected chi connectivity index (χ4v) is 1.91. The number of rotatable bonds is 1. The van der Waals surface area contributed by atoms with Crippen LogP contribution in [0.15, 0.2) is 28.4 Å². The topological polar surface area (TPSA) is 16.1 Å². The van der Waals surface area contributed by atoms with E-state index in [-0.39, 0.29) is 5.82 Å². The Morgan fingerprint density at radius 2 is 2.33 bits per heavy atom. The van der Waals surface area contributed by atoms with E-state index in [1.54, 1.807) is 6.20 Å². The second-order valence-corrected chi connectivity index (χ2v) is 4.62. The van der Waals surface area contributed by atoms with Crippen LogP contribution in [-0.4, -0.2) is 18.1 Å². The van der Waals surface area contributed by atoms with Crippen molar-refractivity contribution in [1.29, 1.82) is 0 Å². The molecule has 2 rings (SSSR count). The maximum absolute atomic E-state index is 13.6. The van der Waals surface area contributed by atoms with Gasteiger partial charge < -0.3 is 4.90 Å². The van der Waals surface area contributed by atoms with E-state index in [2.05, 4.69) is 33.9 Å². The first-order chi connectivity index (χ1) is 7.16. The van der Waals surface area contributed by atoms with Gasteiger partial charge in [-0.1, -0.05) is 11.6 Å². The Morgan fingerprint density at radius 1 is 1.53 bits per heavy atom. The molecule has 0 N–H and O–H groups in total. The molecule has 0 fully saturated rings. The quantitative estimate of drug-likeness (QED) is 0.729. The number of hydrogen-bond donors (Lipinski definition) is 0. The van der Waals surface area contributed by atoms with Crippen molar-refractivity contribution in [1.82, 2.24) is 4.98 Å². The minimum absolute atomic E-state index is 0.266. The lowest BCUT2D eigenvalue weighted by molar-refractivity contribution is 0.608. The normalized spacial score (nSPS) is 16.5. The molecule has 80 valence electrons. The highest BCUT2D eigenvalue weighted by atomic mass is 79.9. The molecule has 0 amide bonds. The third kappa shape index (κ3) is 2.37. The first-order valence-electron chi connectivity index (χ1n) is 4.88. The number of aromatic nitrogens is 1. The third-order valence-corrected chi connectivity index (χ3v) is 2.96. The molecule has 0 bridgehead atoms.